The largest absolute Gasteiger partial charge is 0.296 e. The number of rotatable bonds is 5. The van der Waals surface area contributed by atoms with Gasteiger partial charge in [-0.15, -0.1) is 12.4 Å². The van der Waals surface area contributed by atoms with Crippen LogP contribution in [0.4, 0.5) is 0 Å². The summed E-state index contributed by atoms with van der Waals surface area (Å²) in [5, 5.41) is 3.02. The molecule has 27 heavy (non-hydrogen) atoms. The van der Waals surface area contributed by atoms with Gasteiger partial charge in [0.1, 0.15) is 0 Å². The SMILES string of the molecule is CN(Cc1ccccc1)Cc1cc(=O)n2[nH]c(-c3ccccc3)nc2n1.Cl. The lowest BCUT2D eigenvalue weighted by Gasteiger charge is -2.15. The summed E-state index contributed by atoms with van der Waals surface area (Å²) in [6.07, 6.45) is 0. The number of hydrogen-bond acceptors (Lipinski definition) is 4. The first-order chi connectivity index (χ1) is 12.7. The van der Waals surface area contributed by atoms with E-state index in [0.29, 0.717) is 23.8 Å². The van der Waals surface area contributed by atoms with Gasteiger partial charge in [0.2, 0.25) is 0 Å². The molecule has 0 spiro atoms. The Morgan fingerprint density at radius 2 is 1.63 bits per heavy atom. The monoisotopic (exact) mass is 381 g/mol. The molecule has 1 N–H and O–H groups in total. The fourth-order valence-electron chi connectivity index (χ4n) is 2.96. The van der Waals surface area contributed by atoms with Crippen molar-refractivity contribution in [2.75, 3.05) is 7.05 Å². The average Bonchev–Trinajstić information content (AvgIpc) is 3.08. The Bertz CT molecular complexity index is 1080. The molecule has 7 heteroatoms. The zero-order valence-corrected chi connectivity index (χ0v) is 15.7. The highest BCUT2D eigenvalue weighted by molar-refractivity contribution is 5.85. The lowest BCUT2D eigenvalue weighted by atomic mass is 10.2. The first-order valence-corrected chi connectivity index (χ1v) is 8.45. The van der Waals surface area contributed by atoms with Gasteiger partial charge >= 0.3 is 0 Å². The van der Waals surface area contributed by atoms with E-state index in [1.54, 1.807) is 6.07 Å². The molecular formula is C20H20ClN5O. The Balaban J connectivity index is 0.00000210. The van der Waals surface area contributed by atoms with Gasteiger partial charge in [-0.25, -0.2) is 4.98 Å². The summed E-state index contributed by atoms with van der Waals surface area (Å²) in [5.41, 5.74) is 2.69. The quantitative estimate of drug-likeness (QED) is 0.576. The minimum atomic E-state index is -0.159. The second-order valence-electron chi connectivity index (χ2n) is 6.32. The third-order valence-electron chi connectivity index (χ3n) is 4.16. The second-order valence-corrected chi connectivity index (χ2v) is 6.32. The zero-order valence-electron chi connectivity index (χ0n) is 14.9. The van der Waals surface area contributed by atoms with Crippen LogP contribution in [0.15, 0.2) is 71.5 Å². The molecule has 2 aromatic heterocycles. The number of nitrogens with one attached hydrogen (secondary N) is 1. The average molecular weight is 382 g/mol. The second kappa shape index (κ2) is 8.16. The minimum absolute atomic E-state index is 0. The molecule has 4 rings (SSSR count). The van der Waals surface area contributed by atoms with Crippen LogP contribution in [-0.4, -0.2) is 31.5 Å². The van der Waals surface area contributed by atoms with Crippen molar-refractivity contribution >= 4 is 18.2 Å². The van der Waals surface area contributed by atoms with E-state index in [4.69, 9.17) is 0 Å². The summed E-state index contributed by atoms with van der Waals surface area (Å²) in [6, 6.07) is 21.5. The van der Waals surface area contributed by atoms with E-state index in [1.165, 1.54) is 10.1 Å². The number of hydrogen-bond donors (Lipinski definition) is 1. The van der Waals surface area contributed by atoms with E-state index in [1.807, 2.05) is 55.6 Å². The van der Waals surface area contributed by atoms with Crippen LogP contribution in [0.1, 0.15) is 11.3 Å². The van der Waals surface area contributed by atoms with Crippen LogP contribution >= 0.6 is 12.4 Å². The number of fused-ring (bicyclic) bond motifs is 1. The standard InChI is InChI=1S/C20H19N5O.ClH/c1-24(13-15-8-4-2-5-9-15)14-17-12-18(26)25-20(21-17)22-19(23-25)16-10-6-3-7-11-16;/h2-12H,13-14H2,1H3,(H,21,22,23);1H. The highest BCUT2D eigenvalue weighted by atomic mass is 35.5. The van der Waals surface area contributed by atoms with E-state index in [0.717, 1.165) is 12.1 Å². The Hall–Kier alpha value is -2.96. The Morgan fingerprint density at radius 3 is 2.33 bits per heavy atom. The molecule has 0 atom stereocenters. The summed E-state index contributed by atoms with van der Waals surface area (Å²) in [4.78, 5) is 23.6. The van der Waals surface area contributed by atoms with Gasteiger partial charge in [-0.1, -0.05) is 60.7 Å². The molecule has 0 unspecified atom stereocenters. The van der Waals surface area contributed by atoms with Crippen LogP contribution in [0.2, 0.25) is 0 Å². The number of H-pyrrole nitrogens is 1. The lowest BCUT2D eigenvalue weighted by Crippen LogP contribution is -2.22. The predicted molar refractivity (Wildman–Crippen MR) is 108 cm³/mol. The minimum Gasteiger partial charge on any atom is -0.296 e. The fourth-order valence-corrected chi connectivity index (χ4v) is 2.96. The third-order valence-corrected chi connectivity index (χ3v) is 4.16. The van der Waals surface area contributed by atoms with Crippen LogP contribution < -0.4 is 5.56 Å². The Labute approximate surface area is 162 Å². The summed E-state index contributed by atoms with van der Waals surface area (Å²) in [5.74, 6) is 1.02. The highest BCUT2D eigenvalue weighted by Gasteiger charge is 2.11. The highest BCUT2D eigenvalue weighted by Crippen LogP contribution is 2.14. The molecule has 0 fully saturated rings. The van der Waals surface area contributed by atoms with Gasteiger partial charge in [0.25, 0.3) is 11.3 Å². The van der Waals surface area contributed by atoms with Crippen molar-refractivity contribution in [2.24, 2.45) is 0 Å². The number of aromatic amines is 1. The maximum Gasteiger partial charge on any atom is 0.274 e. The van der Waals surface area contributed by atoms with Gasteiger partial charge in [0.15, 0.2) is 5.82 Å². The molecule has 0 radical (unpaired) electrons. The van der Waals surface area contributed by atoms with E-state index >= 15 is 0 Å². The Kier molecular flexibility index (Phi) is 5.69. The molecule has 138 valence electrons. The molecule has 2 heterocycles. The third kappa shape index (κ3) is 4.24. The molecule has 4 aromatic rings. The summed E-state index contributed by atoms with van der Waals surface area (Å²) >= 11 is 0. The Morgan fingerprint density at radius 1 is 0.963 bits per heavy atom. The predicted octanol–water partition coefficient (Wildman–Crippen LogP) is 3.14. The summed E-state index contributed by atoms with van der Waals surface area (Å²) in [6.45, 7) is 1.37. The van der Waals surface area contributed by atoms with E-state index in [2.05, 4.69) is 32.1 Å². The molecule has 0 aliphatic rings. The smallest absolute Gasteiger partial charge is 0.274 e. The van der Waals surface area contributed by atoms with Crippen LogP contribution in [-0.2, 0) is 13.1 Å². The van der Waals surface area contributed by atoms with Crippen LogP contribution in [0.3, 0.4) is 0 Å². The molecule has 6 nitrogen and oxygen atoms in total. The van der Waals surface area contributed by atoms with Gasteiger partial charge in [-0.3, -0.25) is 14.8 Å². The van der Waals surface area contributed by atoms with Crippen molar-refractivity contribution in [3.8, 4) is 11.4 Å². The maximum atomic E-state index is 12.4. The molecular weight excluding hydrogens is 362 g/mol. The number of halogens is 1. The van der Waals surface area contributed by atoms with Crippen molar-refractivity contribution in [1.29, 1.82) is 0 Å². The van der Waals surface area contributed by atoms with E-state index in [9.17, 15) is 4.79 Å². The number of nitrogens with zero attached hydrogens (tertiary/aromatic N) is 4. The molecule has 0 aliphatic carbocycles. The van der Waals surface area contributed by atoms with Gasteiger partial charge in [-0.2, -0.15) is 9.50 Å². The van der Waals surface area contributed by atoms with Crippen molar-refractivity contribution in [3.63, 3.8) is 0 Å². The van der Waals surface area contributed by atoms with Gasteiger partial charge in [0.05, 0.1) is 5.69 Å². The lowest BCUT2D eigenvalue weighted by molar-refractivity contribution is 0.315. The summed E-state index contributed by atoms with van der Waals surface area (Å²) in [7, 11) is 2.01. The zero-order chi connectivity index (χ0) is 17.9. The van der Waals surface area contributed by atoms with Crippen LogP contribution in [0.25, 0.3) is 17.2 Å². The van der Waals surface area contributed by atoms with Gasteiger partial charge in [-0.05, 0) is 12.6 Å². The number of benzene rings is 2. The van der Waals surface area contributed by atoms with Gasteiger partial charge < -0.3 is 0 Å². The summed E-state index contributed by atoms with van der Waals surface area (Å²) < 4.78 is 1.38. The van der Waals surface area contributed by atoms with Crippen LogP contribution in [0, 0.1) is 0 Å². The van der Waals surface area contributed by atoms with E-state index in [-0.39, 0.29) is 18.0 Å². The topological polar surface area (TPSA) is 66.3 Å². The van der Waals surface area contributed by atoms with Crippen LogP contribution in [0.5, 0.6) is 0 Å². The molecule has 0 saturated heterocycles. The van der Waals surface area contributed by atoms with Crippen molar-refractivity contribution < 1.29 is 0 Å². The first-order valence-electron chi connectivity index (χ1n) is 8.45. The molecule has 2 aromatic carbocycles. The van der Waals surface area contributed by atoms with Crippen molar-refractivity contribution in [1.82, 2.24) is 24.5 Å². The molecule has 0 amide bonds. The van der Waals surface area contributed by atoms with Gasteiger partial charge in [0, 0.05) is 24.7 Å². The number of aromatic nitrogens is 4. The molecule has 0 aliphatic heterocycles. The maximum absolute atomic E-state index is 12.4. The van der Waals surface area contributed by atoms with Crippen molar-refractivity contribution in [2.45, 2.75) is 13.1 Å². The normalized spacial score (nSPS) is 10.9. The molecule has 0 saturated carbocycles. The molecule has 0 bridgehead atoms. The fraction of sp³-hybridized carbons (Fsp3) is 0.150. The first kappa shape index (κ1) is 18.8. The van der Waals surface area contributed by atoms with E-state index < -0.39 is 0 Å². The van der Waals surface area contributed by atoms with Crippen molar-refractivity contribution in [3.05, 3.63) is 88.3 Å².